The number of nitrogens with one attached hydrogen (secondary N) is 2. The summed E-state index contributed by atoms with van der Waals surface area (Å²) in [6, 6.07) is 14.8. The standard InChI is InChI=1S/C36H41F3N4O5S/c1-5-23-20-43-21-35(2,3)49(46,47)42(4)29-18-24(17-25(23)33(29)43)34(45)41-28(16-22-10-7-6-8-11-22)30(44)19-40-27-14-15-48-31-13-9-12-26(32(27)31)36(37,38)39/h6-13,17-18,20,27-28,30,40,44H,5,14-16,19,21H2,1-4H3,(H,41,45)/t27?,28-,30+/m0/s1. The van der Waals surface area contributed by atoms with Gasteiger partial charge >= 0.3 is 6.18 Å². The summed E-state index contributed by atoms with van der Waals surface area (Å²) in [5, 5.41) is 18.4. The molecule has 0 bridgehead atoms. The van der Waals surface area contributed by atoms with Crippen molar-refractivity contribution >= 4 is 32.5 Å². The number of aliphatic hydroxyl groups is 1. The van der Waals surface area contributed by atoms with Gasteiger partial charge in [0.25, 0.3) is 5.91 Å². The molecule has 3 N–H and O–H groups in total. The van der Waals surface area contributed by atoms with Gasteiger partial charge in [-0.05, 0) is 62.1 Å². The predicted molar refractivity (Wildman–Crippen MR) is 182 cm³/mol. The number of aliphatic hydroxyl groups excluding tert-OH is 1. The van der Waals surface area contributed by atoms with E-state index in [0.717, 1.165) is 28.1 Å². The maximum Gasteiger partial charge on any atom is 0.416 e. The highest BCUT2D eigenvalue weighted by molar-refractivity contribution is 7.94. The van der Waals surface area contributed by atoms with Gasteiger partial charge < -0.3 is 25.0 Å². The first-order valence-corrected chi connectivity index (χ1v) is 17.8. The predicted octanol–water partition coefficient (Wildman–Crippen LogP) is 5.60. The van der Waals surface area contributed by atoms with Gasteiger partial charge in [0, 0.05) is 55.3 Å². The first kappa shape index (κ1) is 34.8. The zero-order valence-corrected chi connectivity index (χ0v) is 28.7. The Morgan fingerprint density at radius 2 is 1.86 bits per heavy atom. The number of hydrogen-bond acceptors (Lipinski definition) is 6. The molecular formula is C36H41F3N4O5S. The number of aromatic nitrogens is 1. The summed E-state index contributed by atoms with van der Waals surface area (Å²) < 4.78 is 76.7. The minimum absolute atomic E-state index is 0.00352. The molecule has 0 spiro atoms. The fourth-order valence-corrected chi connectivity index (χ4v) is 8.42. The van der Waals surface area contributed by atoms with Crippen molar-refractivity contribution in [3.8, 4) is 5.75 Å². The number of halogens is 3. The number of aryl methyl sites for hydroxylation is 1. The number of fused-ring (bicyclic) bond motifs is 1. The zero-order chi connectivity index (χ0) is 35.3. The van der Waals surface area contributed by atoms with Gasteiger partial charge in [-0.3, -0.25) is 9.10 Å². The molecule has 0 radical (unpaired) electrons. The number of anilines is 1. The molecule has 4 aromatic rings. The highest BCUT2D eigenvalue weighted by Gasteiger charge is 2.43. The Morgan fingerprint density at radius 3 is 2.55 bits per heavy atom. The van der Waals surface area contributed by atoms with Crippen LogP contribution in [0.15, 0.2) is 66.9 Å². The van der Waals surface area contributed by atoms with E-state index in [4.69, 9.17) is 4.74 Å². The molecule has 0 aliphatic carbocycles. The van der Waals surface area contributed by atoms with E-state index in [-0.39, 0.29) is 49.4 Å². The number of alkyl halides is 3. The van der Waals surface area contributed by atoms with Gasteiger partial charge in [-0.2, -0.15) is 13.2 Å². The number of amides is 1. The molecule has 1 aromatic heterocycles. The number of rotatable bonds is 9. The SMILES string of the molecule is CCc1cn2c3c(cc(C(=O)N[C@@H](Cc4ccccc4)[C@H](O)CNC4CCOc5cccc(C(F)(F)F)c54)cc13)N(C)S(=O)(=O)C(C)(C)C2. The van der Waals surface area contributed by atoms with Crippen molar-refractivity contribution in [2.45, 2.75) is 75.7 Å². The fraction of sp³-hybridized carbons (Fsp3) is 0.417. The summed E-state index contributed by atoms with van der Waals surface area (Å²) in [7, 11) is -2.30. The van der Waals surface area contributed by atoms with Gasteiger partial charge in [0.1, 0.15) is 10.5 Å². The van der Waals surface area contributed by atoms with Gasteiger partial charge in [0.05, 0.1) is 35.5 Å². The molecule has 3 heterocycles. The van der Waals surface area contributed by atoms with Crippen LogP contribution in [0.25, 0.3) is 10.9 Å². The molecule has 0 saturated heterocycles. The maximum absolute atomic E-state index is 14.0. The Kier molecular flexibility index (Phi) is 9.22. The van der Waals surface area contributed by atoms with E-state index in [1.54, 1.807) is 26.0 Å². The van der Waals surface area contributed by atoms with Gasteiger partial charge in [-0.1, -0.05) is 43.3 Å². The van der Waals surface area contributed by atoms with Crippen molar-refractivity contribution < 1.29 is 36.2 Å². The molecule has 0 fully saturated rings. The van der Waals surface area contributed by atoms with Crippen molar-refractivity contribution in [2.75, 3.05) is 24.5 Å². The molecule has 1 unspecified atom stereocenters. The topological polar surface area (TPSA) is 113 Å². The summed E-state index contributed by atoms with van der Waals surface area (Å²) >= 11 is 0. The normalized spacial score (nSPS) is 19.4. The average Bonchev–Trinajstić information content (AvgIpc) is 3.39. The molecular weight excluding hydrogens is 657 g/mol. The molecule has 13 heteroatoms. The summed E-state index contributed by atoms with van der Waals surface area (Å²) in [5.41, 5.74) is 2.34. The lowest BCUT2D eigenvalue weighted by atomic mass is 9.94. The quantitative estimate of drug-likeness (QED) is 0.210. The second-order valence-corrected chi connectivity index (χ2v) is 16.0. The highest BCUT2D eigenvalue weighted by atomic mass is 32.2. The third-order valence-corrected chi connectivity index (χ3v) is 12.1. The smallest absolute Gasteiger partial charge is 0.416 e. The third-order valence-electron chi connectivity index (χ3n) is 9.66. The lowest BCUT2D eigenvalue weighted by Gasteiger charge is -2.32. The summed E-state index contributed by atoms with van der Waals surface area (Å²) in [6.07, 6.45) is -2.68. The number of carbonyl (C=O) groups is 1. The number of sulfonamides is 1. The lowest BCUT2D eigenvalue weighted by molar-refractivity contribution is -0.138. The molecule has 3 atom stereocenters. The summed E-state index contributed by atoms with van der Waals surface area (Å²) in [5.74, 6) is -0.369. The fourth-order valence-electron chi connectivity index (χ4n) is 6.98. The maximum atomic E-state index is 14.0. The van der Waals surface area contributed by atoms with E-state index in [2.05, 4.69) is 10.6 Å². The van der Waals surface area contributed by atoms with Gasteiger partial charge in [-0.15, -0.1) is 0 Å². The van der Waals surface area contributed by atoms with E-state index >= 15 is 0 Å². The Morgan fingerprint density at radius 1 is 1.12 bits per heavy atom. The van der Waals surface area contributed by atoms with Crippen LogP contribution in [0, 0.1) is 0 Å². The van der Waals surface area contributed by atoms with Crippen molar-refractivity contribution in [2.24, 2.45) is 0 Å². The minimum atomic E-state index is -4.59. The number of carbonyl (C=O) groups excluding carboxylic acids is 1. The first-order valence-electron chi connectivity index (χ1n) is 16.4. The van der Waals surface area contributed by atoms with Crippen LogP contribution in [-0.2, 0) is 35.6 Å². The van der Waals surface area contributed by atoms with Crippen molar-refractivity contribution in [3.05, 3.63) is 94.7 Å². The zero-order valence-electron chi connectivity index (χ0n) is 27.8. The molecule has 1 amide bonds. The van der Waals surface area contributed by atoms with Crippen LogP contribution < -0.4 is 19.7 Å². The van der Waals surface area contributed by atoms with E-state index in [1.807, 2.05) is 48.0 Å². The first-order chi connectivity index (χ1) is 23.1. The highest BCUT2D eigenvalue weighted by Crippen LogP contribution is 2.43. The molecule has 262 valence electrons. The third kappa shape index (κ3) is 6.51. The summed E-state index contributed by atoms with van der Waals surface area (Å²) in [6.45, 7) is 5.70. The van der Waals surface area contributed by atoms with Crippen LogP contribution in [0.5, 0.6) is 5.75 Å². The number of benzene rings is 3. The molecule has 49 heavy (non-hydrogen) atoms. The van der Waals surface area contributed by atoms with Gasteiger partial charge in [0.2, 0.25) is 10.0 Å². The molecule has 9 nitrogen and oxygen atoms in total. The second-order valence-electron chi connectivity index (χ2n) is 13.4. The number of ether oxygens (including phenoxy) is 1. The van der Waals surface area contributed by atoms with E-state index in [0.29, 0.717) is 12.1 Å². The van der Waals surface area contributed by atoms with Crippen LogP contribution in [0.3, 0.4) is 0 Å². The molecule has 3 aromatic carbocycles. The Bertz CT molecular complexity index is 1980. The number of hydrogen-bond donors (Lipinski definition) is 3. The molecule has 2 aliphatic rings. The van der Waals surface area contributed by atoms with Crippen molar-refractivity contribution in [1.29, 1.82) is 0 Å². The monoisotopic (exact) mass is 698 g/mol. The van der Waals surface area contributed by atoms with Crippen LogP contribution in [0.2, 0.25) is 0 Å². The minimum Gasteiger partial charge on any atom is -0.493 e. The Balaban J connectivity index is 1.31. The Hall–Kier alpha value is -4.07. The largest absolute Gasteiger partial charge is 0.493 e. The van der Waals surface area contributed by atoms with Gasteiger partial charge in [-0.25, -0.2) is 8.42 Å². The lowest BCUT2D eigenvalue weighted by Crippen LogP contribution is -2.49. The van der Waals surface area contributed by atoms with E-state index in [9.17, 15) is 31.5 Å². The molecule has 6 rings (SSSR count). The number of nitrogens with zero attached hydrogens (tertiary/aromatic N) is 2. The van der Waals surface area contributed by atoms with Gasteiger partial charge in [0.15, 0.2) is 0 Å². The van der Waals surface area contributed by atoms with E-state index in [1.165, 1.54) is 23.5 Å². The Labute approximate surface area is 284 Å². The van der Waals surface area contributed by atoms with Crippen LogP contribution in [0.1, 0.15) is 65.8 Å². The van der Waals surface area contributed by atoms with E-state index < -0.39 is 50.6 Å². The summed E-state index contributed by atoms with van der Waals surface area (Å²) in [4.78, 5) is 14.0. The van der Waals surface area contributed by atoms with Crippen molar-refractivity contribution in [3.63, 3.8) is 0 Å². The van der Waals surface area contributed by atoms with Crippen LogP contribution in [-0.4, -0.2) is 61.1 Å². The van der Waals surface area contributed by atoms with Crippen LogP contribution in [0.4, 0.5) is 18.9 Å². The molecule has 0 saturated carbocycles. The van der Waals surface area contributed by atoms with Crippen LogP contribution >= 0.6 is 0 Å². The molecule has 2 aliphatic heterocycles. The van der Waals surface area contributed by atoms with Crippen molar-refractivity contribution in [1.82, 2.24) is 15.2 Å². The average molecular weight is 699 g/mol. The second kappa shape index (κ2) is 13.0.